The van der Waals surface area contributed by atoms with E-state index in [2.05, 4.69) is 4.98 Å². The number of carbonyl (C=O) groups excluding carboxylic acids is 1. The first kappa shape index (κ1) is 21.7. The first-order valence-corrected chi connectivity index (χ1v) is 11.5. The molecule has 0 aliphatic heterocycles. The van der Waals surface area contributed by atoms with Crippen LogP contribution in [-0.4, -0.2) is 53.2 Å². The van der Waals surface area contributed by atoms with Crippen molar-refractivity contribution in [2.45, 2.75) is 9.79 Å². The van der Waals surface area contributed by atoms with Gasteiger partial charge in [-0.05, 0) is 30.3 Å². The third-order valence-corrected chi connectivity index (χ3v) is 7.57. The minimum absolute atomic E-state index is 0.0321. The Labute approximate surface area is 174 Å². The molecule has 2 aromatic carbocycles. The van der Waals surface area contributed by atoms with E-state index in [0.717, 1.165) is 10.4 Å². The predicted molar refractivity (Wildman–Crippen MR) is 110 cm³/mol. The smallest absolute Gasteiger partial charge is 0.265 e. The molecular weight excluding hydrogens is 430 g/mol. The first-order valence-electron chi connectivity index (χ1n) is 8.58. The number of fused-ring (bicyclic) bond motifs is 1. The quantitative estimate of drug-likeness (QED) is 0.606. The molecule has 0 aliphatic rings. The molecule has 1 aromatic heterocycles. The molecule has 30 heavy (non-hydrogen) atoms. The van der Waals surface area contributed by atoms with Crippen LogP contribution in [0.3, 0.4) is 0 Å². The van der Waals surface area contributed by atoms with E-state index < -0.39 is 26.0 Å². The molecule has 3 aromatic rings. The topological polar surface area (TPSA) is 123 Å². The second-order valence-corrected chi connectivity index (χ2v) is 10.2. The molecule has 158 valence electrons. The van der Waals surface area contributed by atoms with Crippen molar-refractivity contribution in [1.82, 2.24) is 14.0 Å². The summed E-state index contributed by atoms with van der Waals surface area (Å²) in [7, 11) is -4.20. The number of nitrogens with zero attached hydrogens (tertiary/aromatic N) is 2. The van der Waals surface area contributed by atoms with Crippen molar-refractivity contribution in [3.8, 4) is 5.75 Å². The highest BCUT2D eigenvalue weighted by Gasteiger charge is 2.26. The average Bonchev–Trinajstić information content (AvgIpc) is 2.72. The van der Waals surface area contributed by atoms with Crippen molar-refractivity contribution < 1.29 is 26.4 Å². The van der Waals surface area contributed by atoms with Crippen LogP contribution in [-0.2, 0) is 20.0 Å². The fourth-order valence-corrected chi connectivity index (χ4v) is 5.06. The van der Waals surface area contributed by atoms with E-state index in [-0.39, 0.29) is 21.1 Å². The van der Waals surface area contributed by atoms with Gasteiger partial charge in [-0.3, -0.25) is 9.78 Å². The Balaban J connectivity index is 2.01. The third-order valence-electron chi connectivity index (χ3n) is 4.34. The maximum atomic E-state index is 12.8. The molecule has 9 nitrogen and oxygen atoms in total. The van der Waals surface area contributed by atoms with Gasteiger partial charge in [-0.2, -0.15) is 0 Å². The number of aromatic nitrogens is 1. The Morgan fingerprint density at radius 3 is 2.43 bits per heavy atom. The van der Waals surface area contributed by atoms with Gasteiger partial charge < -0.3 is 4.74 Å². The van der Waals surface area contributed by atoms with Gasteiger partial charge >= 0.3 is 0 Å². The fourth-order valence-electron chi connectivity index (χ4n) is 2.78. The highest BCUT2D eigenvalue weighted by molar-refractivity contribution is 7.90. The molecule has 0 saturated carbocycles. The van der Waals surface area contributed by atoms with Crippen LogP contribution in [0.25, 0.3) is 10.8 Å². The highest BCUT2D eigenvalue weighted by Crippen LogP contribution is 2.27. The van der Waals surface area contributed by atoms with Crippen molar-refractivity contribution in [1.29, 1.82) is 0 Å². The molecular formula is C19H19N3O6S2. The number of amides is 1. The number of pyridine rings is 1. The summed E-state index contributed by atoms with van der Waals surface area (Å²) in [5, 5.41) is 0.995. The molecule has 0 unspecified atom stereocenters. The number of nitrogens with one attached hydrogen (secondary N) is 1. The maximum absolute atomic E-state index is 12.8. The molecule has 0 bridgehead atoms. The molecule has 0 fully saturated rings. The van der Waals surface area contributed by atoms with E-state index >= 15 is 0 Å². The van der Waals surface area contributed by atoms with Crippen LogP contribution in [0.1, 0.15) is 10.4 Å². The summed E-state index contributed by atoms with van der Waals surface area (Å²) >= 11 is 0. The van der Waals surface area contributed by atoms with Gasteiger partial charge in [-0.25, -0.2) is 25.9 Å². The van der Waals surface area contributed by atoms with Crippen LogP contribution >= 0.6 is 0 Å². The summed E-state index contributed by atoms with van der Waals surface area (Å²) in [6, 6.07) is 9.79. The lowest BCUT2D eigenvalue weighted by Gasteiger charge is -2.15. The summed E-state index contributed by atoms with van der Waals surface area (Å²) in [5.41, 5.74) is -0.151. The van der Waals surface area contributed by atoms with E-state index in [1.807, 2.05) is 4.72 Å². The van der Waals surface area contributed by atoms with E-state index in [4.69, 9.17) is 4.74 Å². The molecule has 1 heterocycles. The van der Waals surface area contributed by atoms with Crippen LogP contribution in [0.4, 0.5) is 0 Å². The van der Waals surface area contributed by atoms with Gasteiger partial charge in [0, 0.05) is 42.8 Å². The molecule has 1 N–H and O–H groups in total. The van der Waals surface area contributed by atoms with E-state index in [0.29, 0.717) is 10.8 Å². The third kappa shape index (κ3) is 3.99. The van der Waals surface area contributed by atoms with Gasteiger partial charge in [0.1, 0.15) is 10.6 Å². The lowest BCUT2D eigenvalue weighted by Crippen LogP contribution is -2.31. The van der Waals surface area contributed by atoms with E-state index in [9.17, 15) is 21.6 Å². The normalized spacial score (nSPS) is 12.1. The summed E-state index contributed by atoms with van der Waals surface area (Å²) in [4.78, 5) is 16.3. The minimum atomic E-state index is -4.23. The fraction of sp³-hybridized carbons (Fsp3) is 0.158. The van der Waals surface area contributed by atoms with Crippen molar-refractivity contribution in [2.24, 2.45) is 0 Å². The number of sulfonamides is 2. The number of hydrogen-bond donors (Lipinski definition) is 1. The van der Waals surface area contributed by atoms with Gasteiger partial charge in [-0.15, -0.1) is 0 Å². The first-order chi connectivity index (χ1) is 14.1. The number of benzene rings is 2. The number of rotatable bonds is 6. The van der Waals surface area contributed by atoms with Gasteiger partial charge in [-0.1, -0.05) is 12.1 Å². The zero-order valence-electron chi connectivity index (χ0n) is 16.4. The second-order valence-electron chi connectivity index (χ2n) is 6.44. The Bertz CT molecular complexity index is 1330. The van der Waals surface area contributed by atoms with E-state index in [1.165, 1.54) is 63.9 Å². The van der Waals surface area contributed by atoms with Gasteiger partial charge in [0.05, 0.1) is 12.0 Å². The lowest BCUT2D eigenvalue weighted by molar-refractivity contribution is 0.0981. The Morgan fingerprint density at radius 1 is 1.03 bits per heavy atom. The molecule has 0 aliphatic carbocycles. The monoisotopic (exact) mass is 449 g/mol. The Hall–Kier alpha value is -3.02. The molecule has 3 rings (SSSR count). The standard InChI is InChI=1S/C19H19N3O6S2/c1-22(2)30(26,27)18-11-13(7-8-16(18)28-3)19(23)21-29(24,25)17-6-4-5-14-12-20-10-9-15(14)17/h4-12H,1-3H3,(H,21,23). The molecule has 0 spiro atoms. The Kier molecular flexibility index (Phi) is 5.79. The highest BCUT2D eigenvalue weighted by atomic mass is 32.2. The number of hydrogen-bond acceptors (Lipinski definition) is 7. The second kappa shape index (κ2) is 8.01. The largest absolute Gasteiger partial charge is 0.495 e. The van der Waals surface area contributed by atoms with E-state index in [1.54, 1.807) is 6.07 Å². The molecule has 0 saturated heterocycles. The molecule has 0 atom stereocenters. The van der Waals surface area contributed by atoms with Crippen molar-refractivity contribution in [3.63, 3.8) is 0 Å². The predicted octanol–water partition coefficient (Wildman–Crippen LogP) is 1.61. The van der Waals surface area contributed by atoms with Crippen LogP contribution in [0, 0.1) is 0 Å². The van der Waals surface area contributed by atoms with Crippen LogP contribution in [0.5, 0.6) is 5.75 Å². The summed E-state index contributed by atoms with van der Waals surface area (Å²) in [6.45, 7) is 0. The molecule has 11 heteroatoms. The number of ether oxygens (including phenoxy) is 1. The van der Waals surface area contributed by atoms with Gasteiger partial charge in [0.25, 0.3) is 15.9 Å². The van der Waals surface area contributed by atoms with Crippen LogP contribution in [0.15, 0.2) is 64.6 Å². The van der Waals surface area contributed by atoms with Crippen LogP contribution in [0.2, 0.25) is 0 Å². The SMILES string of the molecule is COc1ccc(C(=O)NS(=O)(=O)c2cccc3cnccc23)cc1S(=O)(=O)N(C)C. The van der Waals surface area contributed by atoms with Crippen molar-refractivity contribution >= 4 is 36.7 Å². The summed E-state index contributed by atoms with van der Waals surface area (Å²) in [5.74, 6) is -0.941. The lowest BCUT2D eigenvalue weighted by atomic mass is 10.2. The zero-order valence-corrected chi connectivity index (χ0v) is 18.0. The summed E-state index contributed by atoms with van der Waals surface area (Å²) < 4.78 is 58.8. The molecule has 1 amide bonds. The van der Waals surface area contributed by atoms with Crippen LogP contribution < -0.4 is 9.46 Å². The number of carbonyl (C=O) groups is 1. The molecule has 0 radical (unpaired) electrons. The average molecular weight is 450 g/mol. The van der Waals surface area contributed by atoms with Crippen molar-refractivity contribution in [2.75, 3.05) is 21.2 Å². The van der Waals surface area contributed by atoms with Gasteiger partial charge in [0.15, 0.2) is 0 Å². The number of methoxy groups -OCH3 is 1. The zero-order chi connectivity index (χ0) is 22.1. The maximum Gasteiger partial charge on any atom is 0.265 e. The van der Waals surface area contributed by atoms with Crippen molar-refractivity contribution in [3.05, 3.63) is 60.4 Å². The minimum Gasteiger partial charge on any atom is -0.495 e. The summed E-state index contributed by atoms with van der Waals surface area (Å²) in [6.07, 6.45) is 2.96. The Morgan fingerprint density at radius 2 is 1.77 bits per heavy atom. The van der Waals surface area contributed by atoms with Gasteiger partial charge in [0.2, 0.25) is 10.0 Å².